The Labute approximate surface area is 190 Å². The second-order valence-corrected chi connectivity index (χ2v) is 8.48. The van der Waals surface area contributed by atoms with Crippen molar-refractivity contribution in [3.05, 3.63) is 0 Å². The third kappa shape index (κ3) is 15.3. The molecule has 2 N–H and O–H groups in total. The summed E-state index contributed by atoms with van der Waals surface area (Å²) in [5, 5.41) is 18.8. The Morgan fingerprint density at radius 2 is 0.968 bits per heavy atom. The molecule has 0 aromatic rings. The van der Waals surface area contributed by atoms with Gasteiger partial charge in [0.1, 0.15) is 0 Å². The van der Waals surface area contributed by atoms with Gasteiger partial charge in [-0.15, -0.1) is 0 Å². The van der Waals surface area contributed by atoms with Crippen molar-refractivity contribution in [1.82, 2.24) is 0 Å². The fourth-order valence-corrected chi connectivity index (χ4v) is 4.13. The lowest BCUT2D eigenvalue weighted by atomic mass is 9.86. The molecule has 0 aromatic carbocycles. The van der Waals surface area contributed by atoms with Crippen molar-refractivity contribution in [3.63, 3.8) is 0 Å². The van der Waals surface area contributed by atoms with Crippen LogP contribution < -0.4 is 0 Å². The molecule has 1 unspecified atom stereocenters. The lowest BCUT2D eigenvalue weighted by Gasteiger charge is -2.29. The summed E-state index contributed by atoms with van der Waals surface area (Å²) in [6.45, 7) is 6.55. The first-order valence-electron chi connectivity index (χ1n) is 12.7. The highest BCUT2D eigenvalue weighted by molar-refractivity contribution is 5.93. The standard InChI is InChI=1S/C25H48O6/c1-4-7-8-9-10-11-12-13-14-15-16-17-18-19-20-21(22(23(26)27)24(28)29)25(30-5-2)31-6-3/h21-22,25H,4-20H2,1-3H3,(H,26,27)(H,28,29). The van der Waals surface area contributed by atoms with Gasteiger partial charge in [-0.3, -0.25) is 9.59 Å². The lowest BCUT2D eigenvalue weighted by Crippen LogP contribution is -2.40. The Kier molecular flexibility index (Phi) is 20.0. The fourth-order valence-electron chi connectivity index (χ4n) is 4.13. The van der Waals surface area contributed by atoms with Crippen LogP contribution in [0.1, 0.15) is 117 Å². The Bertz CT molecular complexity index is 420. The highest BCUT2D eigenvalue weighted by Crippen LogP contribution is 2.27. The largest absolute Gasteiger partial charge is 0.481 e. The number of hydrogen-bond donors (Lipinski definition) is 2. The summed E-state index contributed by atoms with van der Waals surface area (Å²) in [5.74, 6) is -4.85. The average molecular weight is 445 g/mol. The second-order valence-electron chi connectivity index (χ2n) is 8.48. The maximum atomic E-state index is 11.6. The SMILES string of the molecule is CCCCCCCCCCCCCCCCC(C(OCC)OCC)C(C(=O)O)C(=O)O. The molecular formula is C25H48O6. The maximum absolute atomic E-state index is 11.6. The summed E-state index contributed by atoms with van der Waals surface area (Å²) in [7, 11) is 0. The predicted molar refractivity (Wildman–Crippen MR) is 124 cm³/mol. The van der Waals surface area contributed by atoms with Gasteiger partial charge in [0, 0.05) is 19.1 Å². The van der Waals surface area contributed by atoms with Crippen molar-refractivity contribution in [1.29, 1.82) is 0 Å². The number of rotatable bonds is 23. The molecule has 0 aliphatic rings. The first-order valence-corrected chi connectivity index (χ1v) is 12.7. The molecule has 0 spiro atoms. The van der Waals surface area contributed by atoms with Crippen molar-refractivity contribution in [3.8, 4) is 0 Å². The van der Waals surface area contributed by atoms with Gasteiger partial charge < -0.3 is 19.7 Å². The van der Waals surface area contributed by atoms with Gasteiger partial charge in [0.2, 0.25) is 0 Å². The summed E-state index contributed by atoms with van der Waals surface area (Å²) in [6.07, 6.45) is 17.1. The van der Waals surface area contributed by atoms with E-state index >= 15 is 0 Å². The summed E-state index contributed by atoms with van der Waals surface area (Å²) < 4.78 is 11.1. The van der Waals surface area contributed by atoms with Crippen LogP contribution in [0.5, 0.6) is 0 Å². The van der Waals surface area contributed by atoms with Gasteiger partial charge >= 0.3 is 11.9 Å². The first-order chi connectivity index (χ1) is 15.0. The fraction of sp³-hybridized carbons (Fsp3) is 0.920. The second kappa shape index (κ2) is 20.7. The van der Waals surface area contributed by atoms with Crippen LogP contribution in [0.2, 0.25) is 0 Å². The third-order valence-corrected chi connectivity index (χ3v) is 5.86. The molecule has 0 bridgehead atoms. The van der Waals surface area contributed by atoms with E-state index in [0.29, 0.717) is 19.6 Å². The number of carbonyl (C=O) groups is 2. The minimum absolute atomic E-state index is 0.353. The van der Waals surface area contributed by atoms with Crippen molar-refractivity contribution in [2.75, 3.05) is 13.2 Å². The minimum Gasteiger partial charge on any atom is -0.481 e. The molecule has 6 heteroatoms. The zero-order chi connectivity index (χ0) is 23.3. The first kappa shape index (κ1) is 29.9. The summed E-state index contributed by atoms with van der Waals surface area (Å²) in [4.78, 5) is 23.1. The minimum atomic E-state index is -1.51. The topological polar surface area (TPSA) is 93.1 Å². The Balaban J connectivity index is 4.12. The molecule has 6 nitrogen and oxygen atoms in total. The van der Waals surface area contributed by atoms with Crippen LogP contribution in [-0.2, 0) is 19.1 Å². The zero-order valence-corrected chi connectivity index (χ0v) is 20.3. The van der Waals surface area contributed by atoms with E-state index in [4.69, 9.17) is 9.47 Å². The summed E-state index contributed by atoms with van der Waals surface area (Å²) >= 11 is 0. The van der Waals surface area contributed by atoms with Gasteiger partial charge in [-0.05, 0) is 20.3 Å². The smallest absolute Gasteiger partial charge is 0.318 e. The number of hydrogen-bond acceptors (Lipinski definition) is 4. The van der Waals surface area contributed by atoms with Gasteiger partial charge in [0.15, 0.2) is 12.2 Å². The lowest BCUT2D eigenvalue weighted by molar-refractivity contribution is -0.193. The van der Waals surface area contributed by atoms with Gasteiger partial charge in [0.25, 0.3) is 0 Å². The zero-order valence-electron chi connectivity index (χ0n) is 20.3. The highest BCUT2D eigenvalue weighted by Gasteiger charge is 2.40. The molecule has 0 aromatic heterocycles. The van der Waals surface area contributed by atoms with E-state index in [-0.39, 0.29) is 0 Å². The predicted octanol–water partition coefficient (Wildman–Crippen LogP) is 6.66. The van der Waals surface area contributed by atoms with E-state index in [0.717, 1.165) is 19.3 Å². The molecule has 0 saturated heterocycles. The van der Waals surface area contributed by atoms with Crippen molar-refractivity contribution in [2.45, 2.75) is 123 Å². The van der Waals surface area contributed by atoms with Gasteiger partial charge in [-0.1, -0.05) is 96.8 Å². The van der Waals surface area contributed by atoms with Crippen LogP contribution >= 0.6 is 0 Å². The number of aliphatic carboxylic acids is 2. The van der Waals surface area contributed by atoms with Crippen LogP contribution in [0.15, 0.2) is 0 Å². The maximum Gasteiger partial charge on any atom is 0.318 e. The van der Waals surface area contributed by atoms with Crippen LogP contribution in [0.25, 0.3) is 0 Å². The number of unbranched alkanes of at least 4 members (excludes halogenated alkanes) is 13. The normalized spacial score (nSPS) is 12.5. The van der Waals surface area contributed by atoms with E-state index < -0.39 is 30.1 Å². The van der Waals surface area contributed by atoms with Crippen LogP contribution in [0.3, 0.4) is 0 Å². The Hall–Kier alpha value is -1.14. The Morgan fingerprint density at radius 1 is 0.613 bits per heavy atom. The van der Waals surface area contributed by atoms with Crippen LogP contribution in [0, 0.1) is 11.8 Å². The van der Waals surface area contributed by atoms with Crippen molar-refractivity contribution < 1.29 is 29.3 Å². The monoisotopic (exact) mass is 444 g/mol. The van der Waals surface area contributed by atoms with Gasteiger partial charge in [0.05, 0.1) is 0 Å². The van der Waals surface area contributed by atoms with E-state index in [1.165, 1.54) is 70.6 Å². The molecule has 0 radical (unpaired) electrons. The average Bonchev–Trinajstić information content (AvgIpc) is 2.72. The molecule has 0 amide bonds. The molecule has 0 aliphatic heterocycles. The number of carboxylic acid groups (broad SMARTS) is 2. The van der Waals surface area contributed by atoms with Crippen molar-refractivity contribution >= 4 is 11.9 Å². The quantitative estimate of drug-likeness (QED) is 0.104. The molecular weight excluding hydrogens is 396 g/mol. The molecule has 0 saturated carbocycles. The summed E-state index contributed by atoms with van der Waals surface area (Å²) in [6, 6.07) is 0. The molecule has 31 heavy (non-hydrogen) atoms. The molecule has 0 aliphatic carbocycles. The third-order valence-electron chi connectivity index (χ3n) is 5.86. The number of ether oxygens (including phenoxy) is 2. The van der Waals surface area contributed by atoms with Crippen LogP contribution in [0.4, 0.5) is 0 Å². The van der Waals surface area contributed by atoms with Crippen molar-refractivity contribution in [2.24, 2.45) is 11.8 Å². The van der Waals surface area contributed by atoms with Gasteiger partial charge in [-0.25, -0.2) is 0 Å². The molecule has 0 heterocycles. The van der Waals surface area contributed by atoms with E-state index in [9.17, 15) is 19.8 Å². The van der Waals surface area contributed by atoms with E-state index in [1.54, 1.807) is 13.8 Å². The highest BCUT2D eigenvalue weighted by atomic mass is 16.7. The Morgan fingerprint density at radius 3 is 1.29 bits per heavy atom. The molecule has 184 valence electrons. The summed E-state index contributed by atoms with van der Waals surface area (Å²) in [5.41, 5.74) is 0. The molecule has 1 atom stereocenters. The van der Waals surface area contributed by atoms with Crippen LogP contribution in [-0.4, -0.2) is 41.7 Å². The van der Waals surface area contributed by atoms with Gasteiger partial charge in [-0.2, -0.15) is 0 Å². The van der Waals surface area contributed by atoms with E-state index in [2.05, 4.69) is 6.92 Å². The van der Waals surface area contributed by atoms with E-state index in [1.807, 2.05) is 0 Å². The number of carboxylic acids is 2. The molecule has 0 fully saturated rings. The molecule has 0 rings (SSSR count).